The van der Waals surface area contributed by atoms with Crippen LogP contribution in [0.2, 0.25) is 0 Å². The molecule has 0 spiro atoms. The van der Waals surface area contributed by atoms with E-state index < -0.39 is 0 Å². The van der Waals surface area contributed by atoms with E-state index >= 15 is 0 Å². The van der Waals surface area contributed by atoms with E-state index in [1.54, 1.807) is 14.2 Å². The summed E-state index contributed by atoms with van der Waals surface area (Å²) in [5.41, 5.74) is 1.37. The molecular formula is C17H18O3S. The van der Waals surface area contributed by atoms with Crippen LogP contribution in [-0.2, 0) is 0 Å². The maximum atomic E-state index is 6.03. The normalized spacial score (nSPS) is 16.4. The number of thioether (sulfide) groups is 1. The first-order valence-electron chi connectivity index (χ1n) is 6.89. The van der Waals surface area contributed by atoms with Crippen LogP contribution in [0.15, 0.2) is 47.4 Å². The van der Waals surface area contributed by atoms with Gasteiger partial charge in [0.15, 0.2) is 11.5 Å². The number of hydrogen-bond donors (Lipinski definition) is 0. The first-order chi connectivity index (χ1) is 10.3. The van der Waals surface area contributed by atoms with Gasteiger partial charge in [-0.1, -0.05) is 24.3 Å². The summed E-state index contributed by atoms with van der Waals surface area (Å²) in [7, 11) is 3.28. The van der Waals surface area contributed by atoms with Crippen LogP contribution in [0.3, 0.4) is 0 Å². The predicted octanol–water partition coefficient (Wildman–Crippen LogP) is 3.97. The Bertz CT molecular complexity index is 605. The summed E-state index contributed by atoms with van der Waals surface area (Å²) in [4.78, 5) is 1.36. The van der Waals surface area contributed by atoms with E-state index in [0.717, 1.165) is 5.75 Å². The summed E-state index contributed by atoms with van der Waals surface area (Å²) in [5, 5.41) is 0. The smallest absolute Gasteiger partial charge is 0.203 e. The first kappa shape index (κ1) is 14.1. The number of benzene rings is 2. The van der Waals surface area contributed by atoms with Gasteiger partial charge in [-0.05, 0) is 23.8 Å². The Morgan fingerprint density at radius 2 is 1.71 bits per heavy atom. The monoisotopic (exact) mass is 302 g/mol. The van der Waals surface area contributed by atoms with Crippen LogP contribution in [0.1, 0.15) is 11.5 Å². The molecule has 21 heavy (non-hydrogen) atoms. The lowest BCUT2D eigenvalue weighted by Gasteiger charge is -2.17. The van der Waals surface area contributed by atoms with Gasteiger partial charge >= 0.3 is 0 Å². The molecule has 1 heterocycles. The van der Waals surface area contributed by atoms with E-state index in [1.807, 2.05) is 30.0 Å². The Morgan fingerprint density at radius 3 is 2.43 bits per heavy atom. The number of para-hydroxylation sites is 1. The van der Waals surface area contributed by atoms with Gasteiger partial charge in [-0.3, -0.25) is 0 Å². The summed E-state index contributed by atoms with van der Waals surface area (Å²) in [6.45, 7) is 0.626. The molecule has 0 fully saturated rings. The van der Waals surface area contributed by atoms with Crippen molar-refractivity contribution in [2.45, 2.75) is 10.8 Å². The van der Waals surface area contributed by atoms with E-state index in [-0.39, 0.29) is 0 Å². The maximum absolute atomic E-state index is 6.03. The van der Waals surface area contributed by atoms with Crippen LogP contribution in [0.5, 0.6) is 17.2 Å². The highest BCUT2D eigenvalue weighted by molar-refractivity contribution is 7.99. The fraction of sp³-hybridized carbons (Fsp3) is 0.294. The van der Waals surface area contributed by atoms with E-state index in [2.05, 4.69) is 24.3 Å². The molecule has 0 aliphatic carbocycles. The molecule has 110 valence electrons. The second-order valence-electron chi connectivity index (χ2n) is 4.85. The molecule has 1 unspecified atom stereocenters. The molecule has 0 amide bonds. The van der Waals surface area contributed by atoms with Crippen molar-refractivity contribution in [3.05, 3.63) is 48.0 Å². The zero-order valence-electron chi connectivity index (χ0n) is 12.2. The van der Waals surface area contributed by atoms with Crippen molar-refractivity contribution in [3.8, 4) is 17.2 Å². The third-order valence-corrected chi connectivity index (χ3v) is 4.86. The summed E-state index contributed by atoms with van der Waals surface area (Å²) in [5.74, 6) is 3.54. The van der Waals surface area contributed by atoms with Gasteiger partial charge in [0, 0.05) is 16.6 Å². The molecule has 3 rings (SSSR count). The summed E-state index contributed by atoms with van der Waals surface area (Å²) < 4.78 is 16.8. The molecule has 3 nitrogen and oxygen atoms in total. The van der Waals surface area contributed by atoms with Gasteiger partial charge in [0.25, 0.3) is 0 Å². The third kappa shape index (κ3) is 2.81. The molecule has 4 heteroatoms. The van der Waals surface area contributed by atoms with Crippen LogP contribution in [0, 0.1) is 0 Å². The van der Waals surface area contributed by atoms with Gasteiger partial charge < -0.3 is 14.2 Å². The standard InChI is InChI=1S/C17H18O3S/c1-18-14-7-5-8-15(19-2)17(14)20-10-12-11-21-16-9-4-3-6-13(12)16/h3-9,12H,10-11H2,1-2H3. The highest BCUT2D eigenvalue weighted by Crippen LogP contribution is 2.41. The molecule has 0 N–H and O–H groups in total. The van der Waals surface area contributed by atoms with Crippen molar-refractivity contribution >= 4 is 11.8 Å². The van der Waals surface area contributed by atoms with Gasteiger partial charge in [-0.2, -0.15) is 0 Å². The number of fused-ring (bicyclic) bond motifs is 1. The van der Waals surface area contributed by atoms with Crippen molar-refractivity contribution in [1.29, 1.82) is 0 Å². The SMILES string of the molecule is COc1cccc(OC)c1OCC1CSc2ccccc21. The zero-order valence-corrected chi connectivity index (χ0v) is 13.0. The van der Waals surface area contributed by atoms with Gasteiger partial charge in [0.1, 0.15) is 0 Å². The molecule has 0 saturated carbocycles. The molecule has 1 aliphatic rings. The molecule has 2 aromatic rings. The van der Waals surface area contributed by atoms with Crippen LogP contribution < -0.4 is 14.2 Å². The highest BCUT2D eigenvalue weighted by atomic mass is 32.2. The number of methoxy groups -OCH3 is 2. The van der Waals surface area contributed by atoms with E-state index in [0.29, 0.717) is 29.8 Å². The molecule has 2 aromatic carbocycles. The molecule has 1 atom stereocenters. The lowest BCUT2D eigenvalue weighted by atomic mass is 10.0. The minimum Gasteiger partial charge on any atom is -0.493 e. The molecular weight excluding hydrogens is 284 g/mol. The van der Waals surface area contributed by atoms with E-state index in [9.17, 15) is 0 Å². The van der Waals surface area contributed by atoms with E-state index in [4.69, 9.17) is 14.2 Å². The molecule has 0 radical (unpaired) electrons. The lowest BCUT2D eigenvalue weighted by Crippen LogP contribution is -2.11. The second kappa shape index (κ2) is 6.31. The largest absolute Gasteiger partial charge is 0.493 e. The average molecular weight is 302 g/mol. The van der Waals surface area contributed by atoms with E-state index in [1.165, 1.54) is 10.5 Å². The predicted molar refractivity (Wildman–Crippen MR) is 84.9 cm³/mol. The van der Waals surface area contributed by atoms with Crippen LogP contribution in [-0.4, -0.2) is 26.6 Å². The minimum atomic E-state index is 0.404. The average Bonchev–Trinajstić information content (AvgIpc) is 2.95. The summed E-state index contributed by atoms with van der Waals surface area (Å²) in [6.07, 6.45) is 0. The Labute approximate surface area is 129 Å². The fourth-order valence-corrected chi connectivity index (χ4v) is 3.74. The minimum absolute atomic E-state index is 0.404. The Kier molecular flexibility index (Phi) is 4.25. The van der Waals surface area contributed by atoms with Crippen molar-refractivity contribution in [2.24, 2.45) is 0 Å². The van der Waals surface area contributed by atoms with Gasteiger partial charge in [0.05, 0.1) is 20.8 Å². The van der Waals surface area contributed by atoms with Gasteiger partial charge in [-0.15, -0.1) is 11.8 Å². The quantitative estimate of drug-likeness (QED) is 0.835. The Balaban J connectivity index is 1.77. The van der Waals surface area contributed by atoms with Gasteiger partial charge in [0.2, 0.25) is 5.75 Å². The topological polar surface area (TPSA) is 27.7 Å². The van der Waals surface area contributed by atoms with Crippen LogP contribution in [0.4, 0.5) is 0 Å². The molecule has 0 bridgehead atoms. The molecule has 0 aromatic heterocycles. The van der Waals surface area contributed by atoms with Crippen LogP contribution >= 0.6 is 11.8 Å². The first-order valence-corrected chi connectivity index (χ1v) is 7.87. The molecule has 0 saturated heterocycles. The zero-order chi connectivity index (χ0) is 14.7. The number of ether oxygens (including phenoxy) is 3. The Morgan fingerprint density at radius 1 is 1.00 bits per heavy atom. The third-order valence-electron chi connectivity index (χ3n) is 3.61. The number of rotatable bonds is 5. The summed E-state index contributed by atoms with van der Waals surface area (Å²) >= 11 is 1.89. The van der Waals surface area contributed by atoms with Crippen molar-refractivity contribution in [3.63, 3.8) is 0 Å². The number of hydrogen-bond acceptors (Lipinski definition) is 4. The van der Waals surface area contributed by atoms with Crippen molar-refractivity contribution in [2.75, 3.05) is 26.6 Å². The second-order valence-corrected chi connectivity index (χ2v) is 5.91. The summed E-state index contributed by atoms with van der Waals surface area (Å²) in [6, 6.07) is 14.2. The molecule has 1 aliphatic heterocycles. The maximum Gasteiger partial charge on any atom is 0.203 e. The van der Waals surface area contributed by atoms with Crippen molar-refractivity contribution in [1.82, 2.24) is 0 Å². The lowest BCUT2D eigenvalue weighted by molar-refractivity contribution is 0.262. The fourth-order valence-electron chi connectivity index (χ4n) is 2.51. The van der Waals surface area contributed by atoms with Crippen molar-refractivity contribution < 1.29 is 14.2 Å². The van der Waals surface area contributed by atoms with Gasteiger partial charge in [-0.25, -0.2) is 0 Å². The Hall–Kier alpha value is -1.81. The van der Waals surface area contributed by atoms with Crippen LogP contribution in [0.25, 0.3) is 0 Å². The highest BCUT2D eigenvalue weighted by Gasteiger charge is 2.24.